The van der Waals surface area contributed by atoms with E-state index in [-0.39, 0.29) is 17.5 Å². The first-order valence-electron chi connectivity index (χ1n) is 9.64. The molecule has 2 unspecified atom stereocenters. The number of hydrogen-bond donors (Lipinski definition) is 4. The standard InChI is InChI=1S/C20H25BN4O4/c1-13(2)10-17(21(28)29)24-19(27)20(11-15(20)14-6-4-3-5-7-14)25-18(26)16-12-22-8-9-23-16/h3-9,12-13,15,17,28-29H,10-11H2,1-2H3,(H,24,27)(H,25,26)/t15?,17-,20?/m0/s1. The monoisotopic (exact) mass is 396 g/mol. The highest BCUT2D eigenvalue weighted by Crippen LogP contribution is 2.51. The van der Waals surface area contributed by atoms with Crippen LogP contribution in [0, 0.1) is 5.92 Å². The number of carbonyl (C=O) groups excluding carboxylic acids is 2. The second-order valence-corrected chi connectivity index (χ2v) is 7.81. The molecule has 1 saturated carbocycles. The molecule has 2 amide bonds. The molecule has 1 aromatic carbocycles. The highest BCUT2D eigenvalue weighted by molar-refractivity contribution is 6.43. The first-order valence-corrected chi connectivity index (χ1v) is 9.64. The fourth-order valence-electron chi connectivity index (χ4n) is 3.54. The Hall–Kier alpha value is -2.78. The average molecular weight is 396 g/mol. The van der Waals surface area contributed by atoms with Crippen LogP contribution in [0.15, 0.2) is 48.9 Å². The van der Waals surface area contributed by atoms with Gasteiger partial charge in [-0.1, -0.05) is 44.2 Å². The van der Waals surface area contributed by atoms with Crippen LogP contribution in [-0.4, -0.2) is 50.4 Å². The zero-order chi connectivity index (χ0) is 21.0. The van der Waals surface area contributed by atoms with E-state index in [0.29, 0.717) is 12.8 Å². The van der Waals surface area contributed by atoms with Gasteiger partial charge in [-0.05, 0) is 24.3 Å². The summed E-state index contributed by atoms with van der Waals surface area (Å²) in [5.74, 6) is -1.85. The molecule has 1 aliphatic carbocycles. The predicted octanol–water partition coefficient (Wildman–Crippen LogP) is 0.676. The Labute approximate surface area is 169 Å². The molecule has 1 aromatic heterocycles. The second-order valence-electron chi connectivity index (χ2n) is 7.81. The summed E-state index contributed by atoms with van der Waals surface area (Å²) in [4.78, 5) is 33.8. The van der Waals surface area contributed by atoms with E-state index in [1.807, 2.05) is 44.2 Å². The van der Waals surface area contributed by atoms with E-state index in [1.165, 1.54) is 18.6 Å². The number of rotatable bonds is 8. The Balaban J connectivity index is 1.84. The van der Waals surface area contributed by atoms with Crippen LogP contribution in [0.2, 0.25) is 0 Å². The molecule has 1 aliphatic rings. The van der Waals surface area contributed by atoms with Crippen molar-refractivity contribution >= 4 is 18.9 Å². The molecule has 0 spiro atoms. The second kappa shape index (κ2) is 8.71. The maximum absolute atomic E-state index is 13.2. The number of nitrogens with zero attached hydrogens (tertiary/aromatic N) is 2. The van der Waals surface area contributed by atoms with Crippen molar-refractivity contribution in [2.75, 3.05) is 0 Å². The molecule has 4 N–H and O–H groups in total. The smallest absolute Gasteiger partial charge is 0.426 e. The third kappa shape index (κ3) is 4.80. The molecule has 29 heavy (non-hydrogen) atoms. The van der Waals surface area contributed by atoms with Gasteiger partial charge in [-0.25, -0.2) is 4.98 Å². The van der Waals surface area contributed by atoms with E-state index < -0.39 is 30.4 Å². The van der Waals surface area contributed by atoms with Crippen LogP contribution < -0.4 is 10.6 Å². The number of hydrogen-bond acceptors (Lipinski definition) is 6. The zero-order valence-corrected chi connectivity index (χ0v) is 16.4. The number of nitrogens with one attached hydrogen (secondary N) is 2. The minimum absolute atomic E-state index is 0.110. The van der Waals surface area contributed by atoms with Crippen LogP contribution >= 0.6 is 0 Å². The first-order chi connectivity index (χ1) is 13.8. The number of aromatic nitrogens is 2. The van der Waals surface area contributed by atoms with Crippen LogP contribution in [0.1, 0.15) is 48.7 Å². The molecule has 3 rings (SSSR count). The van der Waals surface area contributed by atoms with Gasteiger partial charge in [-0.15, -0.1) is 0 Å². The minimum Gasteiger partial charge on any atom is -0.426 e. The van der Waals surface area contributed by atoms with Gasteiger partial charge in [0.15, 0.2) is 0 Å². The summed E-state index contributed by atoms with van der Waals surface area (Å²) >= 11 is 0. The lowest BCUT2D eigenvalue weighted by molar-refractivity contribution is -0.124. The highest BCUT2D eigenvalue weighted by atomic mass is 16.4. The lowest BCUT2D eigenvalue weighted by Crippen LogP contribution is -2.56. The maximum atomic E-state index is 13.2. The van der Waals surface area contributed by atoms with Crippen molar-refractivity contribution in [2.24, 2.45) is 5.92 Å². The van der Waals surface area contributed by atoms with Crippen LogP contribution in [0.5, 0.6) is 0 Å². The SMILES string of the molecule is CC(C)C[C@H](NC(=O)C1(NC(=O)c2cnccn2)CC1c1ccccc1)B(O)O. The molecular formula is C20H25BN4O4. The van der Waals surface area contributed by atoms with Gasteiger partial charge in [-0.2, -0.15) is 0 Å². The fraction of sp³-hybridized carbons (Fsp3) is 0.400. The molecule has 0 saturated heterocycles. The first kappa shape index (κ1) is 20.9. The van der Waals surface area contributed by atoms with E-state index in [9.17, 15) is 19.6 Å². The molecule has 9 heteroatoms. The van der Waals surface area contributed by atoms with E-state index in [1.54, 1.807) is 0 Å². The average Bonchev–Trinajstić information content (AvgIpc) is 3.43. The Bertz CT molecular complexity index is 850. The van der Waals surface area contributed by atoms with Crippen molar-refractivity contribution in [2.45, 2.75) is 44.1 Å². The highest BCUT2D eigenvalue weighted by Gasteiger charge is 2.62. The normalized spacial score (nSPS) is 21.3. The molecule has 0 aliphatic heterocycles. The van der Waals surface area contributed by atoms with Gasteiger partial charge in [0, 0.05) is 18.3 Å². The largest absolute Gasteiger partial charge is 0.475 e. The van der Waals surface area contributed by atoms with Gasteiger partial charge >= 0.3 is 7.12 Å². The summed E-state index contributed by atoms with van der Waals surface area (Å²) in [5.41, 5.74) is -0.147. The van der Waals surface area contributed by atoms with Crippen molar-refractivity contribution in [3.05, 3.63) is 60.2 Å². The number of benzene rings is 1. The van der Waals surface area contributed by atoms with Gasteiger partial charge in [-0.3, -0.25) is 14.6 Å². The van der Waals surface area contributed by atoms with E-state index in [4.69, 9.17) is 0 Å². The molecular weight excluding hydrogens is 371 g/mol. The molecule has 3 atom stereocenters. The molecule has 2 aromatic rings. The number of carbonyl (C=O) groups is 2. The molecule has 1 heterocycles. The summed E-state index contributed by atoms with van der Waals surface area (Å²) in [6, 6.07) is 9.44. The quantitative estimate of drug-likeness (QED) is 0.487. The predicted molar refractivity (Wildman–Crippen MR) is 108 cm³/mol. The summed E-state index contributed by atoms with van der Waals surface area (Å²) in [7, 11) is -1.69. The van der Waals surface area contributed by atoms with E-state index in [2.05, 4.69) is 20.6 Å². The molecule has 0 bridgehead atoms. The third-order valence-electron chi connectivity index (χ3n) is 5.10. The van der Waals surface area contributed by atoms with Gasteiger partial charge in [0.25, 0.3) is 5.91 Å². The Morgan fingerprint density at radius 2 is 1.97 bits per heavy atom. The Morgan fingerprint density at radius 3 is 2.55 bits per heavy atom. The molecule has 0 radical (unpaired) electrons. The Kier molecular flexibility index (Phi) is 6.29. The van der Waals surface area contributed by atoms with Gasteiger partial charge in [0.1, 0.15) is 11.2 Å². The van der Waals surface area contributed by atoms with Crippen molar-refractivity contribution in [1.29, 1.82) is 0 Å². The van der Waals surface area contributed by atoms with Crippen molar-refractivity contribution in [1.82, 2.24) is 20.6 Å². The third-order valence-corrected chi connectivity index (χ3v) is 5.10. The maximum Gasteiger partial charge on any atom is 0.475 e. The van der Waals surface area contributed by atoms with Crippen LogP contribution in [0.4, 0.5) is 0 Å². The molecule has 152 valence electrons. The summed E-state index contributed by atoms with van der Waals surface area (Å²) < 4.78 is 0. The van der Waals surface area contributed by atoms with Crippen molar-refractivity contribution in [3.8, 4) is 0 Å². The Morgan fingerprint density at radius 1 is 1.24 bits per heavy atom. The molecule has 1 fully saturated rings. The lowest BCUT2D eigenvalue weighted by Gasteiger charge is -2.25. The van der Waals surface area contributed by atoms with Gasteiger partial charge < -0.3 is 20.7 Å². The fourth-order valence-corrected chi connectivity index (χ4v) is 3.54. The lowest BCUT2D eigenvalue weighted by atomic mass is 9.75. The van der Waals surface area contributed by atoms with Crippen molar-refractivity contribution < 1.29 is 19.6 Å². The summed E-state index contributed by atoms with van der Waals surface area (Å²) in [6.07, 6.45) is 5.00. The van der Waals surface area contributed by atoms with Gasteiger partial charge in [0.2, 0.25) is 5.91 Å². The van der Waals surface area contributed by atoms with Gasteiger partial charge in [0.05, 0.1) is 12.1 Å². The topological polar surface area (TPSA) is 124 Å². The van der Waals surface area contributed by atoms with Crippen LogP contribution in [0.3, 0.4) is 0 Å². The summed E-state index contributed by atoms with van der Waals surface area (Å²) in [5, 5.41) is 24.9. The van der Waals surface area contributed by atoms with Crippen LogP contribution in [-0.2, 0) is 4.79 Å². The summed E-state index contributed by atoms with van der Waals surface area (Å²) in [6.45, 7) is 3.86. The van der Waals surface area contributed by atoms with Crippen molar-refractivity contribution in [3.63, 3.8) is 0 Å². The number of amides is 2. The zero-order valence-electron chi connectivity index (χ0n) is 16.4. The molecule has 8 nitrogen and oxygen atoms in total. The van der Waals surface area contributed by atoms with E-state index in [0.717, 1.165) is 5.56 Å². The van der Waals surface area contributed by atoms with E-state index >= 15 is 0 Å². The van der Waals surface area contributed by atoms with Crippen LogP contribution in [0.25, 0.3) is 0 Å². The minimum atomic E-state index is -1.69.